The molecule has 0 saturated heterocycles. The summed E-state index contributed by atoms with van der Waals surface area (Å²) in [6.45, 7) is 4.91. The highest BCUT2D eigenvalue weighted by Gasteiger charge is 2.20. The second-order valence-corrected chi connectivity index (χ2v) is 18.9. The topological polar surface area (TPSA) is 95.9 Å². The number of unbranched alkanes of at least 4 members (excludes halogenated alkanes) is 40. The molecule has 0 aromatic heterocycles. The van der Waals surface area contributed by atoms with E-state index in [1.54, 1.807) is 0 Å². The summed E-state index contributed by atoms with van der Waals surface area (Å²) in [4.78, 5) is 24.5. The van der Waals surface area contributed by atoms with Crippen molar-refractivity contribution in [2.24, 2.45) is 0 Å². The van der Waals surface area contributed by atoms with E-state index in [1.807, 2.05) is 0 Å². The third kappa shape index (κ3) is 46.4. The Morgan fingerprint density at radius 3 is 1.02 bits per heavy atom. The molecule has 0 rings (SSSR count). The van der Waals surface area contributed by atoms with Gasteiger partial charge in [0.25, 0.3) is 0 Å². The molecule has 0 aromatic rings. The molecular weight excluding hydrogens is 743 g/mol. The molecule has 2 unspecified atom stereocenters. The van der Waals surface area contributed by atoms with E-state index in [0.29, 0.717) is 25.9 Å². The van der Waals surface area contributed by atoms with Crippen molar-refractivity contribution in [2.45, 2.75) is 321 Å². The Hall–Kier alpha value is -1.14. The van der Waals surface area contributed by atoms with Crippen LogP contribution >= 0.6 is 0 Å². The zero-order valence-corrected chi connectivity index (χ0v) is 40.7. The number of ether oxygens (including phenoxy) is 1. The van der Waals surface area contributed by atoms with E-state index >= 15 is 0 Å². The molecule has 0 aromatic carbocycles. The fourth-order valence-corrected chi connectivity index (χ4v) is 8.70. The molecule has 0 aliphatic heterocycles. The second-order valence-electron chi connectivity index (χ2n) is 18.9. The first-order valence-corrected chi connectivity index (χ1v) is 27.3. The smallest absolute Gasteiger partial charge is 0.305 e. The SMILES string of the molecule is CCCCCCCCCCCCCCCCCCCCCCCC(O)C(CO)NC(=O)CCCCCCCCCCCOC(=O)CCCCCCCCCCCCCCC. The van der Waals surface area contributed by atoms with Crippen LogP contribution < -0.4 is 5.32 Å². The standard InChI is InChI=1S/C54H107NO5/c1-3-5-7-9-11-13-15-17-18-19-20-21-22-23-24-26-27-30-34-38-42-46-52(57)51(50-56)55-53(58)47-43-39-35-31-29-33-37-41-45-49-60-54(59)48-44-40-36-32-28-25-16-14-12-10-8-6-4-2/h51-52,56-57H,3-50H2,1-2H3,(H,55,58). The van der Waals surface area contributed by atoms with Gasteiger partial charge in [-0.15, -0.1) is 0 Å². The van der Waals surface area contributed by atoms with Gasteiger partial charge in [-0.1, -0.05) is 271 Å². The van der Waals surface area contributed by atoms with Crippen molar-refractivity contribution in [3.8, 4) is 0 Å². The van der Waals surface area contributed by atoms with Crippen LogP contribution in [0.3, 0.4) is 0 Å². The maximum absolute atomic E-state index is 12.5. The highest BCUT2D eigenvalue weighted by molar-refractivity contribution is 5.76. The third-order valence-electron chi connectivity index (χ3n) is 12.9. The summed E-state index contributed by atoms with van der Waals surface area (Å²) in [5.74, 6) is -0.0805. The van der Waals surface area contributed by atoms with Gasteiger partial charge in [0, 0.05) is 12.8 Å². The van der Waals surface area contributed by atoms with Crippen LogP contribution in [0.4, 0.5) is 0 Å². The van der Waals surface area contributed by atoms with Crippen LogP contribution in [0.1, 0.15) is 309 Å². The summed E-state index contributed by atoms with van der Waals surface area (Å²) >= 11 is 0. The van der Waals surface area contributed by atoms with Gasteiger partial charge in [-0.25, -0.2) is 0 Å². The zero-order chi connectivity index (χ0) is 43.7. The maximum Gasteiger partial charge on any atom is 0.305 e. The number of amides is 1. The Labute approximate surface area is 375 Å². The number of aliphatic hydroxyl groups excluding tert-OH is 2. The Kier molecular flexibility index (Phi) is 49.5. The predicted octanol–water partition coefficient (Wildman–Crippen LogP) is 16.4. The van der Waals surface area contributed by atoms with Crippen molar-refractivity contribution in [1.82, 2.24) is 5.32 Å². The van der Waals surface area contributed by atoms with Gasteiger partial charge in [-0.05, 0) is 25.7 Å². The molecular formula is C54H107NO5. The van der Waals surface area contributed by atoms with Crippen LogP contribution in [0.5, 0.6) is 0 Å². The normalized spacial score (nSPS) is 12.5. The zero-order valence-electron chi connectivity index (χ0n) is 40.7. The van der Waals surface area contributed by atoms with Crippen molar-refractivity contribution < 1.29 is 24.5 Å². The lowest BCUT2D eigenvalue weighted by Crippen LogP contribution is -2.45. The van der Waals surface area contributed by atoms with Gasteiger partial charge in [0.15, 0.2) is 0 Å². The minimum Gasteiger partial charge on any atom is -0.466 e. The molecule has 0 spiro atoms. The van der Waals surface area contributed by atoms with Gasteiger partial charge in [0.05, 0.1) is 25.4 Å². The number of carbonyl (C=O) groups excluding carboxylic acids is 2. The van der Waals surface area contributed by atoms with E-state index in [1.165, 1.54) is 218 Å². The quantitative estimate of drug-likeness (QED) is 0.0418. The van der Waals surface area contributed by atoms with Crippen LogP contribution in [0.25, 0.3) is 0 Å². The van der Waals surface area contributed by atoms with Gasteiger partial charge in [0.1, 0.15) is 0 Å². The summed E-state index contributed by atoms with van der Waals surface area (Å²) in [6, 6.07) is -0.560. The molecule has 0 heterocycles. The largest absolute Gasteiger partial charge is 0.466 e. The summed E-state index contributed by atoms with van der Waals surface area (Å²) < 4.78 is 5.45. The predicted molar refractivity (Wildman–Crippen MR) is 260 cm³/mol. The minimum absolute atomic E-state index is 0.0221. The summed E-state index contributed by atoms with van der Waals surface area (Å²) in [6.07, 6.45) is 56.5. The summed E-state index contributed by atoms with van der Waals surface area (Å²) in [7, 11) is 0. The van der Waals surface area contributed by atoms with Crippen molar-refractivity contribution >= 4 is 11.9 Å². The van der Waals surface area contributed by atoms with Gasteiger partial charge >= 0.3 is 5.97 Å². The molecule has 0 radical (unpaired) electrons. The van der Waals surface area contributed by atoms with Gasteiger partial charge in [0.2, 0.25) is 5.91 Å². The molecule has 358 valence electrons. The Morgan fingerprint density at radius 1 is 0.400 bits per heavy atom. The van der Waals surface area contributed by atoms with Gasteiger partial charge in [-0.2, -0.15) is 0 Å². The lowest BCUT2D eigenvalue weighted by molar-refractivity contribution is -0.143. The highest BCUT2D eigenvalue weighted by Crippen LogP contribution is 2.17. The number of carbonyl (C=O) groups is 2. The van der Waals surface area contributed by atoms with E-state index in [2.05, 4.69) is 19.2 Å². The lowest BCUT2D eigenvalue weighted by atomic mass is 10.0. The van der Waals surface area contributed by atoms with Crippen molar-refractivity contribution in [3.63, 3.8) is 0 Å². The maximum atomic E-state index is 12.5. The van der Waals surface area contributed by atoms with Crippen molar-refractivity contribution in [3.05, 3.63) is 0 Å². The molecule has 6 nitrogen and oxygen atoms in total. The fraction of sp³-hybridized carbons (Fsp3) is 0.963. The molecule has 0 saturated carbocycles. The average Bonchev–Trinajstić information content (AvgIpc) is 3.25. The minimum atomic E-state index is -0.680. The number of hydrogen-bond donors (Lipinski definition) is 3. The van der Waals surface area contributed by atoms with E-state index in [4.69, 9.17) is 4.74 Å². The summed E-state index contributed by atoms with van der Waals surface area (Å²) in [5.41, 5.74) is 0. The average molecular weight is 850 g/mol. The molecule has 60 heavy (non-hydrogen) atoms. The van der Waals surface area contributed by atoms with Crippen LogP contribution in [0.15, 0.2) is 0 Å². The van der Waals surface area contributed by atoms with Crippen LogP contribution in [-0.2, 0) is 14.3 Å². The highest BCUT2D eigenvalue weighted by atomic mass is 16.5. The Bertz CT molecular complexity index is 852. The van der Waals surface area contributed by atoms with E-state index in [0.717, 1.165) is 57.8 Å². The number of aliphatic hydroxyl groups is 2. The molecule has 0 bridgehead atoms. The molecule has 0 aliphatic rings. The van der Waals surface area contributed by atoms with Gasteiger partial charge in [-0.3, -0.25) is 9.59 Å². The second kappa shape index (κ2) is 50.5. The van der Waals surface area contributed by atoms with E-state index in [-0.39, 0.29) is 18.5 Å². The molecule has 2 atom stereocenters. The molecule has 0 fully saturated rings. The number of rotatable bonds is 51. The Balaban J connectivity index is 3.47. The molecule has 0 aliphatic carbocycles. The van der Waals surface area contributed by atoms with Gasteiger partial charge < -0.3 is 20.3 Å². The van der Waals surface area contributed by atoms with Crippen molar-refractivity contribution in [1.29, 1.82) is 0 Å². The van der Waals surface area contributed by atoms with Crippen LogP contribution in [0.2, 0.25) is 0 Å². The van der Waals surface area contributed by atoms with E-state index < -0.39 is 12.1 Å². The van der Waals surface area contributed by atoms with Crippen LogP contribution in [-0.4, -0.2) is 47.4 Å². The first-order valence-electron chi connectivity index (χ1n) is 27.3. The van der Waals surface area contributed by atoms with Crippen LogP contribution in [0, 0.1) is 0 Å². The summed E-state index contributed by atoms with van der Waals surface area (Å²) in [5, 5.41) is 23.3. The Morgan fingerprint density at radius 2 is 0.683 bits per heavy atom. The fourth-order valence-electron chi connectivity index (χ4n) is 8.70. The number of esters is 1. The van der Waals surface area contributed by atoms with Crippen molar-refractivity contribution in [2.75, 3.05) is 13.2 Å². The molecule has 1 amide bonds. The molecule has 3 N–H and O–H groups in total. The monoisotopic (exact) mass is 850 g/mol. The first-order chi connectivity index (χ1) is 29.5. The number of hydrogen-bond acceptors (Lipinski definition) is 5. The lowest BCUT2D eigenvalue weighted by Gasteiger charge is -2.22. The third-order valence-corrected chi connectivity index (χ3v) is 12.9. The molecule has 6 heteroatoms. The number of nitrogens with one attached hydrogen (secondary N) is 1. The first kappa shape index (κ1) is 58.9. The van der Waals surface area contributed by atoms with E-state index in [9.17, 15) is 19.8 Å².